The highest BCUT2D eigenvalue weighted by Gasteiger charge is 2.19. The van der Waals surface area contributed by atoms with Gasteiger partial charge in [-0.05, 0) is 51.1 Å². The quantitative estimate of drug-likeness (QED) is 0.890. The van der Waals surface area contributed by atoms with Crippen molar-refractivity contribution in [3.63, 3.8) is 0 Å². The predicted molar refractivity (Wildman–Crippen MR) is 94.6 cm³/mol. The summed E-state index contributed by atoms with van der Waals surface area (Å²) in [5, 5.41) is 5.50. The van der Waals surface area contributed by atoms with E-state index in [2.05, 4.69) is 10.6 Å². The number of benzene rings is 2. The van der Waals surface area contributed by atoms with Crippen LogP contribution in [-0.4, -0.2) is 24.5 Å². The van der Waals surface area contributed by atoms with Gasteiger partial charge in [0.1, 0.15) is 0 Å². The van der Waals surface area contributed by atoms with Gasteiger partial charge in [-0.15, -0.1) is 0 Å². The Labute approximate surface area is 146 Å². The van der Waals surface area contributed by atoms with Gasteiger partial charge >= 0.3 is 0 Å². The highest BCUT2D eigenvalue weighted by Crippen LogP contribution is 2.20. The maximum absolute atomic E-state index is 13.8. The summed E-state index contributed by atoms with van der Waals surface area (Å²) in [6.07, 6.45) is 0. The molecule has 0 spiro atoms. The molecule has 25 heavy (non-hydrogen) atoms. The molecule has 132 valence electrons. The second-order valence-corrected chi connectivity index (χ2v) is 6.55. The molecule has 0 aromatic heterocycles. The molecule has 5 nitrogen and oxygen atoms in total. The summed E-state index contributed by atoms with van der Waals surface area (Å²) in [5.74, 6) is -1.39. The molecule has 0 atom stereocenters. The fourth-order valence-electron chi connectivity index (χ4n) is 2.20. The smallest absolute Gasteiger partial charge is 0.255 e. The summed E-state index contributed by atoms with van der Waals surface area (Å²) < 4.78 is 18.6. The Morgan fingerprint density at radius 3 is 2.32 bits per heavy atom. The zero-order valence-electron chi connectivity index (χ0n) is 14.6. The van der Waals surface area contributed by atoms with E-state index in [-0.39, 0.29) is 17.2 Å². The van der Waals surface area contributed by atoms with Crippen LogP contribution in [0, 0.1) is 5.82 Å². The maximum atomic E-state index is 13.8. The van der Waals surface area contributed by atoms with Gasteiger partial charge in [-0.2, -0.15) is 0 Å². The molecule has 0 unspecified atom stereocenters. The highest BCUT2D eigenvalue weighted by molar-refractivity contribution is 6.09. The third-order valence-electron chi connectivity index (χ3n) is 3.32. The van der Waals surface area contributed by atoms with Crippen LogP contribution in [0.1, 0.15) is 41.5 Å². The summed E-state index contributed by atoms with van der Waals surface area (Å²) in [6.45, 7) is 5.60. The summed E-state index contributed by atoms with van der Waals surface area (Å²) in [4.78, 5) is 24.8. The van der Waals surface area contributed by atoms with Crippen molar-refractivity contribution < 1.29 is 18.7 Å². The molecule has 0 saturated carbocycles. The van der Waals surface area contributed by atoms with E-state index in [1.54, 1.807) is 24.3 Å². The second kappa shape index (κ2) is 7.34. The van der Waals surface area contributed by atoms with Gasteiger partial charge in [0.15, 0.2) is 11.6 Å². The summed E-state index contributed by atoms with van der Waals surface area (Å²) >= 11 is 0. The molecule has 2 N–H and O–H groups in total. The van der Waals surface area contributed by atoms with Crippen LogP contribution in [0.2, 0.25) is 0 Å². The van der Waals surface area contributed by atoms with Gasteiger partial charge < -0.3 is 15.4 Å². The normalized spacial score (nSPS) is 10.9. The summed E-state index contributed by atoms with van der Waals surface area (Å²) in [7, 11) is 1.35. The van der Waals surface area contributed by atoms with Crippen LogP contribution >= 0.6 is 0 Å². The third-order valence-corrected chi connectivity index (χ3v) is 3.32. The molecule has 2 amide bonds. The van der Waals surface area contributed by atoms with Crippen LogP contribution in [0.25, 0.3) is 0 Å². The number of carbonyl (C=O) groups is 2. The molecule has 2 aromatic carbocycles. The number of ether oxygens (including phenoxy) is 1. The minimum atomic E-state index is -0.631. The second-order valence-electron chi connectivity index (χ2n) is 6.55. The first kappa shape index (κ1) is 18.4. The van der Waals surface area contributed by atoms with E-state index < -0.39 is 17.3 Å². The minimum Gasteiger partial charge on any atom is -0.494 e. The lowest BCUT2D eigenvalue weighted by atomic mass is 10.1. The number of rotatable bonds is 4. The number of hydrogen-bond donors (Lipinski definition) is 2. The Bertz CT molecular complexity index is 797. The van der Waals surface area contributed by atoms with Crippen molar-refractivity contribution in [1.82, 2.24) is 5.32 Å². The standard InChI is InChI=1S/C19H21FN2O3/c1-19(2,3)22-18(24)13-7-5-6-8-15(13)21-17(23)12-9-10-16(25-4)14(20)11-12/h5-11H,1-4H3,(H,21,23)(H,22,24). The number of halogens is 1. The zero-order valence-corrected chi connectivity index (χ0v) is 14.6. The Morgan fingerprint density at radius 2 is 1.72 bits per heavy atom. The van der Waals surface area contributed by atoms with Crippen molar-refractivity contribution in [3.8, 4) is 5.75 Å². The van der Waals surface area contributed by atoms with Crippen LogP contribution < -0.4 is 15.4 Å². The Morgan fingerprint density at radius 1 is 1.04 bits per heavy atom. The number of hydrogen-bond acceptors (Lipinski definition) is 3. The third kappa shape index (κ3) is 4.79. The molecule has 2 rings (SSSR count). The predicted octanol–water partition coefficient (Wildman–Crippen LogP) is 3.61. The van der Waals surface area contributed by atoms with Gasteiger partial charge in [0.05, 0.1) is 18.4 Å². The van der Waals surface area contributed by atoms with Crippen molar-refractivity contribution in [3.05, 3.63) is 59.4 Å². The molecule has 0 saturated heterocycles. The molecular formula is C19H21FN2O3. The summed E-state index contributed by atoms with van der Waals surface area (Å²) in [5.41, 5.74) is 0.405. The molecule has 0 aliphatic carbocycles. The Balaban J connectivity index is 2.24. The first-order chi connectivity index (χ1) is 11.7. The molecular weight excluding hydrogens is 323 g/mol. The number of amides is 2. The Kier molecular flexibility index (Phi) is 5.41. The molecule has 0 heterocycles. The lowest BCUT2D eigenvalue weighted by Crippen LogP contribution is -2.40. The van der Waals surface area contributed by atoms with Gasteiger partial charge in [0.25, 0.3) is 11.8 Å². The number of nitrogens with one attached hydrogen (secondary N) is 2. The monoisotopic (exact) mass is 344 g/mol. The van der Waals surface area contributed by atoms with Crippen molar-refractivity contribution >= 4 is 17.5 Å². The van der Waals surface area contributed by atoms with Crippen molar-refractivity contribution in [2.24, 2.45) is 0 Å². The summed E-state index contributed by atoms with van der Waals surface area (Å²) in [6, 6.07) is 10.6. The van der Waals surface area contributed by atoms with E-state index >= 15 is 0 Å². The molecule has 0 bridgehead atoms. The lowest BCUT2D eigenvalue weighted by Gasteiger charge is -2.21. The largest absolute Gasteiger partial charge is 0.494 e. The van der Waals surface area contributed by atoms with Gasteiger partial charge in [-0.1, -0.05) is 12.1 Å². The molecule has 6 heteroatoms. The van der Waals surface area contributed by atoms with Crippen LogP contribution in [0.3, 0.4) is 0 Å². The SMILES string of the molecule is COc1ccc(C(=O)Nc2ccccc2C(=O)NC(C)(C)C)cc1F. The lowest BCUT2D eigenvalue weighted by molar-refractivity contribution is 0.0920. The Hall–Kier alpha value is -2.89. The topological polar surface area (TPSA) is 67.4 Å². The minimum absolute atomic E-state index is 0.0569. The first-order valence-electron chi connectivity index (χ1n) is 7.77. The number of para-hydroxylation sites is 1. The van der Waals surface area contributed by atoms with Gasteiger partial charge in [0, 0.05) is 11.1 Å². The maximum Gasteiger partial charge on any atom is 0.255 e. The number of carbonyl (C=O) groups excluding carboxylic acids is 2. The van der Waals surface area contributed by atoms with E-state index in [0.29, 0.717) is 11.3 Å². The fraction of sp³-hybridized carbons (Fsp3) is 0.263. The number of methoxy groups -OCH3 is 1. The van der Waals surface area contributed by atoms with E-state index in [0.717, 1.165) is 6.07 Å². The average molecular weight is 344 g/mol. The van der Waals surface area contributed by atoms with E-state index in [4.69, 9.17) is 4.74 Å². The van der Waals surface area contributed by atoms with Crippen LogP contribution in [-0.2, 0) is 0 Å². The van der Waals surface area contributed by atoms with Crippen molar-refractivity contribution in [2.75, 3.05) is 12.4 Å². The highest BCUT2D eigenvalue weighted by atomic mass is 19.1. The molecule has 2 aromatic rings. The number of anilines is 1. The fourth-order valence-corrected chi connectivity index (χ4v) is 2.20. The molecule has 0 radical (unpaired) electrons. The van der Waals surface area contributed by atoms with E-state index in [9.17, 15) is 14.0 Å². The van der Waals surface area contributed by atoms with Gasteiger partial charge in [0.2, 0.25) is 0 Å². The van der Waals surface area contributed by atoms with Crippen molar-refractivity contribution in [1.29, 1.82) is 0 Å². The zero-order chi connectivity index (χ0) is 18.6. The van der Waals surface area contributed by atoms with Crippen LogP contribution in [0.5, 0.6) is 5.75 Å². The molecule has 0 fully saturated rings. The van der Waals surface area contributed by atoms with Gasteiger partial charge in [-0.25, -0.2) is 4.39 Å². The van der Waals surface area contributed by atoms with Crippen LogP contribution in [0.15, 0.2) is 42.5 Å². The van der Waals surface area contributed by atoms with Gasteiger partial charge in [-0.3, -0.25) is 9.59 Å². The average Bonchev–Trinajstić information content (AvgIpc) is 2.53. The van der Waals surface area contributed by atoms with E-state index in [1.807, 2.05) is 20.8 Å². The molecule has 0 aliphatic heterocycles. The van der Waals surface area contributed by atoms with Crippen LogP contribution in [0.4, 0.5) is 10.1 Å². The van der Waals surface area contributed by atoms with E-state index in [1.165, 1.54) is 19.2 Å². The van der Waals surface area contributed by atoms with Crippen molar-refractivity contribution in [2.45, 2.75) is 26.3 Å². The first-order valence-corrected chi connectivity index (χ1v) is 7.77. The molecule has 0 aliphatic rings.